The van der Waals surface area contributed by atoms with E-state index in [1.807, 2.05) is 25.3 Å². The molecule has 98 valence electrons. The lowest BCUT2D eigenvalue weighted by Gasteiger charge is -2.14. The molecule has 2 rings (SSSR count). The first kappa shape index (κ1) is 12.8. The second-order valence-electron chi connectivity index (χ2n) is 4.61. The number of rotatable bonds is 6. The summed E-state index contributed by atoms with van der Waals surface area (Å²) in [7, 11) is 0. The molecule has 18 heavy (non-hydrogen) atoms. The summed E-state index contributed by atoms with van der Waals surface area (Å²) in [6.07, 6.45) is 5.31. The van der Waals surface area contributed by atoms with Gasteiger partial charge in [-0.05, 0) is 25.0 Å². The summed E-state index contributed by atoms with van der Waals surface area (Å²) in [6, 6.07) is 4.26. The summed E-state index contributed by atoms with van der Waals surface area (Å²) in [6.45, 7) is 4.82. The number of fused-ring (bicyclic) bond motifs is 1. The first-order valence-electron chi connectivity index (χ1n) is 6.53. The maximum absolute atomic E-state index is 5.76. The van der Waals surface area contributed by atoms with Gasteiger partial charge in [0.05, 0.1) is 0 Å². The molecule has 1 unspecified atom stereocenters. The van der Waals surface area contributed by atoms with Gasteiger partial charge in [-0.15, -0.1) is 5.10 Å². The van der Waals surface area contributed by atoms with Crippen molar-refractivity contribution in [3.05, 3.63) is 23.9 Å². The average molecular weight is 247 g/mol. The van der Waals surface area contributed by atoms with Crippen LogP contribution in [-0.2, 0) is 0 Å². The van der Waals surface area contributed by atoms with Gasteiger partial charge in [-0.2, -0.15) is 4.98 Å². The molecule has 5 heteroatoms. The van der Waals surface area contributed by atoms with Crippen LogP contribution in [0.1, 0.15) is 31.7 Å². The molecule has 2 aromatic rings. The topological polar surface area (TPSA) is 68.2 Å². The maximum Gasteiger partial charge on any atom is 0.243 e. The lowest BCUT2D eigenvalue weighted by Crippen LogP contribution is -2.29. The van der Waals surface area contributed by atoms with Gasteiger partial charge < -0.3 is 11.1 Å². The SMILES string of the molecule is CCCCC(CN)Nc1nc2c(C)cccn2n1. The van der Waals surface area contributed by atoms with Crippen LogP contribution < -0.4 is 11.1 Å². The van der Waals surface area contributed by atoms with Crippen molar-refractivity contribution in [1.29, 1.82) is 0 Å². The summed E-state index contributed by atoms with van der Waals surface area (Å²) in [5, 5.41) is 7.72. The molecule has 1 atom stereocenters. The molecule has 2 heterocycles. The number of unbranched alkanes of at least 4 members (excludes halogenated alkanes) is 1. The van der Waals surface area contributed by atoms with Crippen molar-refractivity contribution in [2.75, 3.05) is 11.9 Å². The molecular weight excluding hydrogens is 226 g/mol. The number of hydrogen-bond donors (Lipinski definition) is 2. The molecular formula is C13H21N5. The first-order chi connectivity index (χ1) is 8.74. The smallest absolute Gasteiger partial charge is 0.243 e. The highest BCUT2D eigenvalue weighted by atomic mass is 15.3. The van der Waals surface area contributed by atoms with E-state index in [0.29, 0.717) is 12.5 Å². The number of nitrogens with two attached hydrogens (primary N) is 1. The minimum atomic E-state index is 0.252. The number of nitrogens with one attached hydrogen (secondary N) is 1. The highest BCUT2D eigenvalue weighted by molar-refractivity contribution is 5.49. The Labute approximate surface area is 107 Å². The molecule has 0 saturated heterocycles. The molecule has 5 nitrogen and oxygen atoms in total. The van der Waals surface area contributed by atoms with Crippen molar-refractivity contribution in [1.82, 2.24) is 14.6 Å². The van der Waals surface area contributed by atoms with Crippen molar-refractivity contribution in [2.45, 2.75) is 39.2 Å². The Bertz CT molecular complexity index is 505. The molecule has 0 aromatic carbocycles. The van der Waals surface area contributed by atoms with E-state index >= 15 is 0 Å². The van der Waals surface area contributed by atoms with Gasteiger partial charge in [0.25, 0.3) is 0 Å². The fraction of sp³-hybridized carbons (Fsp3) is 0.538. The number of anilines is 1. The average Bonchev–Trinajstić information content (AvgIpc) is 2.78. The molecule has 0 bridgehead atoms. The molecule has 0 amide bonds. The quantitative estimate of drug-likeness (QED) is 0.819. The van der Waals surface area contributed by atoms with E-state index < -0.39 is 0 Å². The highest BCUT2D eigenvalue weighted by Crippen LogP contribution is 2.11. The number of aromatic nitrogens is 3. The van der Waals surface area contributed by atoms with Crippen LogP contribution in [0.5, 0.6) is 0 Å². The lowest BCUT2D eigenvalue weighted by molar-refractivity contribution is 0.610. The third-order valence-electron chi connectivity index (χ3n) is 3.08. The summed E-state index contributed by atoms with van der Waals surface area (Å²) in [5.41, 5.74) is 7.78. The normalized spacial score (nSPS) is 12.8. The van der Waals surface area contributed by atoms with Crippen LogP contribution in [0.25, 0.3) is 5.65 Å². The predicted molar refractivity (Wildman–Crippen MR) is 73.7 cm³/mol. The molecule has 0 saturated carbocycles. The van der Waals surface area contributed by atoms with Crippen molar-refractivity contribution < 1.29 is 0 Å². The Morgan fingerprint density at radius 3 is 3.00 bits per heavy atom. The van der Waals surface area contributed by atoms with Crippen molar-refractivity contribution in [3.8, 4) is 0 Å². The Kier molecular flexibility index (Phi) is 4.15. The van der Waals surface area contributed by atoms with Crippen LogP contribution >= 0.6 is 0 Å². The van der Waals surface area contributed by atoms with E-state index in [1.165, 1.54) is 12.8 Å². The van der Waals surface area contributed by atoms with E-state index in [4.69, 9.17) is 5.73 Å². The minimum absolute atomic E-state index is 0.252. The van der Waals surface area contributed by atoms with Gasteiger partial charge in [0.2, 0.25) is 5.95 Å². The van der Waals surface area contributed by atoms with Crippen LogP contribution in [0.3, 0.4) is 0 Å². The maximum atomic E-state index is 5.76. The van der Waals surface area contributed by atoms with Crippen molar-refractivity contribution >= 4 is 11.6 Å². The van der Waals surface area contributed by atoms with Crippen molar-refractivity contribution in [3.63, 3.8) is 0 Å². The van der Waals surface area contributed by atoms with Crippen LogP contribution in [0.2, 0.25) is 0 Å². The predicted octanol–water partition coefficient (Wildman–Crippen LogP) is 1.97. The lowest BCUT2D eigenvalue weighted by atomic mass is 10.1. The van der Waals surface area contributed by atoms with Crippen LogP contribution in [0.4, 0.5) is 5.95 Å². The van der Waals surface area contributed by atoms with Gasteiger partial charge in [0.1, 0.15) is 0 Å². The summed E-state index contributed by atoms with van der Waals surface area (Å²) < 4.78 is 1.80. The zero-order valence-electron chi connectivity index (χ0n) is 11.1. The Balaban J connectivity index is 2.13. The van der Waals surface area contributed by atoms with E-state index in [2.05, 4.69) is 22.3 Å². The molecule has 0 radical (unpaired) electrons. The second-order valence-corrected chi connectivity index (χ2v) is 4.61. The third-order valence-corrected chi connectivity index (χ3v) is 3.08. The summed E-state index contributed by atoms with van der Waals surface area (Å²) >= 11 is 0. The summed E-state index contributed by atoms with van der Waals surface area (Å²) in [5.74, 6) is 0.663. The number of hydrogen-bond acceptors (Lipinski definition) is 4. The molecule has 0 fully saturated rings. The minimum Gasteiger partial charge on any atom is -0.349 e. The largest absolute Gasteiger partial charge is 0.349 e. The number of nitrogens with zero attached hydrogens (tertiary/aromatic N) is 3. The Hall–Kier alpha value is -1.62. The standard InChI is InChI=1S/C13H21N5/c1-3-4-7-11(9-14)15-13-16-12-10(2)6-5-8-18(12)17-13/h5-6,8,11H,3-4,7,9,14H2,1-2H3,(H,15,17). The van der Waals surface area contributed by atoms with Crippen molar-refractivity contribution in [2.24, 2.45) is 5.73 Å². The van der Waals surface area contributed by atoms with E-state index in [-0.39, 0.29) is 6.04 Å². The third kappa shape index (κ3) is 2.79. The fourth-order valence-corrected chi connectivity index (χ4v) is 1.98. The molecule has 0 spiro atoms. The second kappa shape index (κ2) is 5.82. The highest BCUT2D eigenvalue weighted by Gasteiger charge is 2.10. The zero-order chi connectivity index (χ0) is 13.0. The van der Waals surface area contributed by atoms with Crippen LogP contribution in [-0.4, -0.2) is 27.2 Å². The molecule has 0 aliphatic rings. The molecule has 3 N–H and O–H groups in total. The monoisotopic (exact) mass is 247 g/mol. The molecule has 2 aromatic heterocycles. The number of aryl methyl sites for hydroxylation is 1. The van der Waals surface area contributed by atoms with Crippen LogP contribution in [0.15, 0.2) is 18.3 Å². The van der Waals surface area contributed by atoms with Gasteiger partial charge in [-0.25, -0.2) is 4.52 Å². The van der Waals surface area contributed by atoms with Gasteiger partial charge >= 0.3 is 0 Å². The number of pyridine rings is 1. The molecule has 0 aliphatic carbocycles. The zero-order valence-corrected chi connectivity index (χ0v) is 11.1. The van der Waals surface area contributed by atoms with Gasteiger partial charge in [-0.1, -0.05) is 25.8 Å². The van der Waals surface area contributed by atoms with Crippen LogP contribution in [0, 0.1) is 6.92 Å². The van der Waals surface area contributed by atoms with E-state index in [1.54, 1.807) is 4.52 Å². The molecule has 0 aliphatic heterocycles. The van der Waals surface area contributed by atoms with Gasteiger partial charge in [0.15, 0.2) is 5.65 Å². The van der Waals surface area contributed by atoms with E-state index in [9.17, 15) is 0 Å². The van der Waals surface area contributed by atoms with E-state index in [0.717, 1.165) is 17.6 Å². The summed E-state index contributed by atoms with van der Waals surface area (Å²) in [4.78, 5) is 4.49. The first-order valence-corrected chi connectivity index (χ1v) is 6.53. The van der Waals surface area contributed by atoms with Gasteiger partial charge in [-0.3, -0.25) is 0 Å². The van der Waals surface area contributed by atoms with Gasteiger partial charge in [0, 0.05) is 18.8 Å². The Morgan fingerprint density at radius 1 is 1.50 bits per heavy atom. The fourth-order valence-electron chi connectivity index (χ4n) is 1.98. The Morgan fingerprint density at radius 2 is 2.33 bits per heavy atom.